The van der Waals surface area contributed by atoms with E-state index >= 15 is 0 Å². The molecule has 0 unspecified atom stereocenters. The van der Waals surface area contributed by atoms with Gasteiger partial charge < -0.3 is 105 Å². The summed E-state index contributed by atoms with van der Waals surface area (Å²) in [6, 6.07) is 4.30. The lowest BCUT2D eigenvalue weighted by Crippen LogP contribution is -2.32. The summed E-state index contributed by atoms with van der Waals surface area (Å²) in [6.45, 7) is 1.54. The van der Waals surface area contributed by atoms with Gasteiger partial charge in [0.05, 0.1) is 17.1 Å². The number of aromatic hydroxyl groups is 2. The number of rotatable bonds is 26. The van der Waals surface area contributed by atoms with Crippen molar-refractivity contribution in [1.29, 1.82) is 0 Å². The zero-order chi connectivity index (χ0) is 66.1. The van der Waals surface area contributed by atoms with E-state index in [1.165, 1.54) is 126 Å². The number of aromatic nitrogens is 11. The van der Waals surface area contributed by atoms with E-state index in [1.54, 1.807) is 40.6 Å². The molecule has 0 aliphatic heterocycles. The number of anilines is 7. The molecule has 34 nitrogen and oxygen atoms in total. The second-order valence-electron chi connectivity index (χ2n) is 21.5. The molecule has 12 N–H and O–H groups in total. The Morgan fingerprint density at radius 1 is 0.418 bits per heavy atom. The van der Waals surface area contributed by atoms with Crippen molar-refractivity contribution >= 4 is 99.1 Å². The van der Waals surface area contributed by atoms with Crippen molar-refractivity contribution in [2.75, 3.05) is 77.5 Å². The van der Waals surface area contributed by atoms with Crippen molar-refractivity contribution in [3.63, 3.8) is 0 Å². The van der Waals surface area contributed by atoms with Crippen molar-refractivity contribution in [2.24, 2.45) is 56.4 Å². The van der Waals surface area contributed by atoms with Crippen molar-refractivity contribution in [1.82, 2.24) is 72.3 Å². The van der Waals surface area contributed by atoms with Crippen LogP contribution in [0.15, 0.2) is 74.0 Å². The van der Waals surface area contributed by atoms with Gasteiger partial charge in [-0.2, -0.15) is 0 Å². The van der Waals surface area contributed by atoms with Crippen LogP contribution < -0.4 is 53.2 Å². The Morgan fingerprint density at radius 2 is 0.857 bits per heavy atom. The summed E-state index contributed by atoms with van der Waals surface area (Å²) in [4.78, 5) is 145. The SMILES string of the molecule is CN(C)CCCNC(=O)CCNC(=O)c1cc(NC(=O)c2cc(NC(=O)c3c(O)c(NC(=O)c4nc(NC(=O)CCCNC(=O)c5cc(NC(=O)c6c(O)c(NC(=O)c7nc(NC(=O)c8nccn8C)cn7C)cn6C)cn5C)cn4C)cn3C)cn2C)cn1C. The molecule has 480 valence electrons. The normalized spacial score (nSPS) is 11.1. The number of amides is 10. The first-order valence-corrected chi connectivity index (χ1v) is 28.1. The highest BCUT2D eigenvalue weighted by atomic mass is 16.3. The molecule has 0 saturated heterocycles. The van der Waals surface area contributed by atoms with E-state index in [4.69, 9.17) is 0 Å². The highest BCUT2D eigenvalue weighted by Crippen LogP contribution is 2.33. The predicted molar refractivity (Wildman–Crippen MR) is 331 cm³/mol. The Balaban J connectivity index is 0.765. The smallest absolute Gasteiger partial charge is 0.292 e. The van der Waals surface area contributed by atoms with Crippen LogP contribution in [0.2, 0.25) is 0 Å². The molecule has 0 aromatic carbocycles. The van der Waals surface area contributed by atoms with E-state index in [2.05, 4.69) is 68.1 Å². The summed E-state index contributed by atoms with van der Waals surface area (Å²) in [5, 5.41) is 48.7. The molecule has 8 heterocycles. The first-order valence-electron chi connectivity index (χ1n) is 28.1. The summed E-state index contributed by atoms with van der Waals surface area (Å²) < 4.78 is 11.2. The maximum atomic E-state index is 13.6. The molecule has 0 spiro atoms. The van der Waals surface area contributed by atoms with Gasteiger partial charge in [-0.05, 0) is 51.7 Å². The molecule has 0 radical (unpaired) electrons. The zero-order valence-electron chi connectivity index (χ0n) is 51.4. The fraction of sp³-hybridized carbons (Fsp3) is 0.316. The van der Waals surface area contributed by atoms with Gasteiger partial charge >= 0.3 is 0 Å². The topological polar surface area (TPSA) is 413 Å². The van der Waals surface area contributed by atoms with Gasteiger partial charge in [-0.1, -0.05) is 0 Å². The molecule has 0 aliphatic carbocycles. The second-order valence-corrected chi connectivity index (χ2v) is 21.5. The Labute approximate surface area is 519 Å². The molecule has 8 aromatic heterocycles. The van der Waals surface area contributed by atoms with Gasteiger partial charge in [-0.3, -0.25) is 47.9 Å². The number of nitrogens with zero attached hydrogens (tertiary/aromatic N) is 12. The predicted octanol–water partition coefficient (Wildman–Crippen LogP) is 1.84. The van der Waals surface area contributed by atoms with E-state index < -0.39 is 64.7 Å². The van der Waals surface area contributed by atoms with Gasteiger partial charge in [-0.25, -0.2) is 15.0 Å². The van der Waals surface area contributed by atoms with E-state index in [9.17, 15) is 58.2 Å². The highest BCUT2D eigenvalue weighted by Gasteiger charge is 2.28. The molecule has 10 amide bonds. The summed E-state index contributed by atoms with van der Waals surface area (Å²) in [6.07, 6.45) is 14.0. The maximum Gasteiger partial charge on any atom is 0.292 e. The molecular weight excluding hydrogens is 1180 g/mol. The molecule has 8 aromatic rings. The van der Waals surface area contributed by atoms with Crippen molar-refractivity contribution < 1.29 is 58.2 Å². The van der Waals surface area contributed by atoms with Gasteiger partial charge in [0, 0.05) is 145 Å². The molecule has 34 heteroatoms. The van der Waals surface area contributed by atoms with Crippen LogP contribution in [0.4, 0.5) is 40.1 Å². The summed E-state index contributed by atoms with van der Waals surface area (Å²) >= 11 is 0. The van der Waals surface area contributed by atoms with Gasteiger partial charge in [0.1, 0.15) is 28.5 Å². The molecule has 0 bridgehead atoms. The molecule has 0 fully saturated rings. The first kappa shape index (κ1) is 65.3. The van der Waals surface area contributed by atoms with Gasteiger partial charge in [0.2, 0.25) is 23.5 Å². The molecule has 8 rings (SSSR count). The molecular formula is C57H70N22O12. The number of nitrogens with one attached hydrogen (secondary N) is 10. The zero-order valence-corrected chi connectivity index (χ0v) is 51.4. The highest BCUT2D eigenvalue weighted by molar-refractivity contribution is 6.12. The number of aryl methyl sites for hydroxylation is 8. The minimum absolute atomic E-state index is 0.0267. The van der Waals surface area contributed by atoms with Crippen molar-refractivity contribution in [3.05, 3.63) is 120 Å². The summed E-state index contributed by atoms with van der Waals surface area (Å²) in [7, 11) is 16.3. The largest absolute Gasteiger partial charge is 0.504 e. The number of carbonyl (C=O) groups is 10. The van der Waals surface area contributed by atoms with Crippen LogP contribution in [0, 0.1) is 0 Å². The van der Waals surface area contributed by atoms with Crippen LogP contribution in [0.5, 0.6) is 11.5 Å². The molecule has 91 heavy (non-hydrogen) atoms. The van der Waals surface area contributed by atoms with Crippen molar-refractivity contribution in [3.8, 4) is 11.5 Å². The minimum atomic E-state index is -0.796. The van der Waals surface area contributed by atoms with E-state index in [0.717, 1.165) is 13.0 Å². The summed E-state index contributed by atoms with van der Waals surface area (Å²) in [5.41, 5.74) is 0.530. The Hall–Kier alpha value is -11.7. The van der Waals surface area contributed by atoms with Crippen LogP contribution >= 0.6 is 0 Å². The summed E-state index contributed by atoms with van der Waals surface area (Å²) in [5.74, 6) is -7.04. The Morgan fingerprint density at radius 3 is 1.33 bits per heavy atom. The lowest BCUT2D eigenvalue weighted by atomic mass is 10.3. The number of imidazole rings is 3. The third kappa shape index (κ3) is 15.7. The van der Waals surface area contributed by atoms with Crippen LogP contribution in [-0.4, -0.2) is 166 Å². The number of hydrogen-bond donors (Lipinski definition) is 12. The van der Waals surface area contributed by atoms with Crippen LogP contribution in [0.3, 0.4) is 0 Å². The lowest BCUT2D eigenvalue weighted by molar-refractivity contribution is -0.121. The third-order valence-corrected chi connectivity index (χ3v) is 14.0. The average Bonchev–Trinajstić information content (AvgIpc) is 1.74. The maximum absolute atomic E-state index is 13.6. The van der Waals surface area contributed by atoms with E-state index in [1.807, 2.05) is 19.0 Å². The number of carbonyl (C=O) groups excluding carboxylic acids is 10. The third-order valence-electron chi connectivity index (χ3n) is 14.0. The first-order chi connectivity index (χ1) is 43.1. The Kier molecular flexibility index (Phi) is 20.1. The fourth-order valence-electron chi connectivity index (χ4n) is 9.52. The quantitative estimate of drug-likeness (QED) is 0.0344. The molecule has 0 atom stereocenters. The minimum Gasteiger partial charge on any atom is -0.504 e. The van der Waals surface area contributed by atoms with Gasteiger partial charge in [-0.15, -0.1) is 0 Å². The average molecular weight is 1260 g/mol. The van der Waals surface area contributed by atoms with Crippen LogP contribution in [0.1, 0.15) is 110 Å². The Bertz CT molecular complexity index is 4140. The second kappa shape index (κ2) is 28.0. The lowest BCUT2D eigenvalue weighted by Gasteiger charge is -2.10. The standard InChI is InChI=1S/C57H70N22O12/c1-71(2)19-12-16-58-41(80)14-17-61-51(85)37-21-31(24-73(37)4)62-52(86)38-23-33(26-75(38)6)64-54(88)44-45(82)34(27-77(44)8)65-56(90)48-68-39(29-78(48)9)67-42(81)13-11-15-60-50(84)36-22-32(25-74(36)5)63-53(87)43-46(83)35(28-76(43)7)66-57(91)49-69-40(30-79(49)10)70-55(89)47-59-18-20-72(47)3/h18,20-30,82-83H,11-17,19H2,1-10H3,(H,58,80)(H,60,84)(H,61,85)(H,62,86)(H,63,87)(H,64,88)(H,65,90)(H,66,91)(H,67,81)(H,70,89). The van der Waals surface area contributed by atoms with Crippen LogP contribution in [-0.2, 0) is 66.0 Å². The van der Waals surface area contributed by atoms with E-state index in [0.29, 0.717) is 12.2 Å². The monoisotopic (exact) mass is 1250 g/mol. The van der Waals surface area contributed by atoms with Crippen molar-refractivity contribution in [2.45, 2.75) is 25.7 Å². The number of hydrogen-bond acceptors (Lipinski definition) is 16. The molecule has 0 saturated carbocycles. The fourth-order valence-corrected chi connectivity index (χ4v) is 9.52. The molecule has 0 aliphatic rings. The van der Waals surface area contributed by atoms with Gasteiger partial charge in [0.15, 0.2) is 40.3 Å². The van der Waals surface area contributed by atoms with E-state index in [-0.39, 0.29) is 119 Å². The van der Waals surface area contributed by atoms with Gasteiger partial charge in [0.25, 0.3) is 47.3 Å². The van der Waals surface area contributed by atoms with Crippen LogP contribution in [0.25, 0.3) is 0 Å².